The predicted octanol–water partition coefficient (Wildman–Crippen LogP) is 4.66. The molecule has 0 saturated heterocycles. The summed E-state index contributed by atoms with van der Waals surface area (Å²) in [6.07, 6.45) is 3.52. The minimum atomic E-state index is 0.259. The highest BCUT2D eigenvalue weighted by molar-refractivity contribution is 7.10. The number of Topliss-reactive ketones (excluding diaryl/α,β-unsaturated/α-hetero) is 1. The van der Waals surface area contributed by atoms with Crippen LogP contribution in [-0.2, 0) is 6.42 Å². The molecular formula is C18H15NOS. The van der Waals surface area contributed by atoms with Gasteiger partial charge in [-0.25, -0.2) is 0 Å². The lowest BCUT2D eigenvalue weighted by atomic mass is 9.83. The Morgan fingerprint density at radius 1 is 1.05 bits per heavy atom. The van der Waals surface area contributed by atoms with E-state index in [-0.39, 0.29) is 5.78 Å². The highest BCUT2D eigenvalue weighted by Gasteiger charge is 2.30. The fourth-order valence-electron chi connectivity index (χ4n) is 3.16. The zero-order valence-electron chi connectivity index (χ0n) is 11.5. The van der Waals surface area contributed by atoms with Gasteiger partial charge in [0.1, 0.15) is 0 Å². The van der Waals surface area contributed by atoms with Gasteiger partial charge in [-0.05, 0) is 23.4 Å². The van der Waals surface area contributed by atoms with E-state index < -0.39 is 0 Å². The van der Waals surface area contributed by atoms with E-state index in [2.05, 4.69) is 34.6 Å². The lowest BCUT2D eigenvalue weighted by Gasteiger charge is -2.21. The van der Waals surface area contributed by atoms with Crippen LogP contribution in [0.1, 0.15) is 33.3 Å². The number of fused-ring (bicyclic) bond motifs is 1. The summed E-state index contributed by atoms with van der Waals surface area (Å²) in [5.74, 6) is 0.585. The minimum absolute atomic E-state index is 0.259. The summed E-state index contributed by atoms with van der Waals surface area (Å²) in [5.41, 5.74) is 4.13. The number of thiophene rings is 1. The Balaban J connectivity index is 1.74. The van der Waals surface area contributed by atoms with Gasteiger partial charge >= 0.3 is 0 Å². The first-order valence-electron chi connectivity index (χ1n) is 7.15. The topological polar surface area (TPSA) is 32.9 Å². The van der Waals surface area contributed by atoms with Crippen molar-refractivity contribution in [2.45, 2.75) is 18.8 Å². The molecule has 0 radical (unpaired) electrons. The summed E-state index contributed by atoms with van der Waals surface area (Å²) in [6.45, 7) is 0. The van der Waals surface area contributed by atoms with Gasteiger partial charge in [-0.1, -0.05) is 36.4 Å². The van der Waals surface area contributed by atoms with Gasteiger partial charge in [0.05, 0.1) is 0 Å². The summed E-state index contributed by atoms with van der Waals surface area (Å²) < 4.78 is 0. The molecule has 0 bridgehead atoms. The van der Waals surface area contributed by atoms with E-state index in [9.17, 15) is 4.79 Å². The first kappa shape index (κ1) is 12.6. The second-order valence-electron chi connectivity index (χ2n) is 5.47. The molecular weight excluding hydrogens is 278 g/mol. The van der Waals surface area contributed by atoms with Gasteiger partial charge in [0.15, 0.2) is 5.78 Å². The van der Waals surface area contributed by atoms with Gasteiger partial charge < -0.3 is 4.98 Å². The van der Waals surface area contributed by atoms with Crippen molar-refractivity contribution in [1.82, 2.24) is 4.98 Å². The summed E-state index contributed by atoms with van der Waals surface area (Å²) in [7, 11) is 0. The van der Waals surface area contributed by atoms with Crippen molar-refractivity contribution < 1.29 is 4.79 Å². The van der Waals surface area contributed by atoms with E-state index in [1.807, 2.05) is 24.4 Å². The smallest absolute Gasteiger partial charge is 0.165 e. The van der Waals surface area contributed by atoms with Crippen LogP contribution in [0, 0.1) is 0 Å². The number of H-pyrrole nitrogens is 1. The monoisotopic (exact) mass is 293 g/mol. The molecule has 4 rings (SSSR count). The van der Waals surface area contributed by atoms with Crippen molar-refractivity contribution in [3.05, 3.63) is 70.2 Å². The zero-order chi connectivity index (χ0) is 14.2. The van der Waals surface area contributed by atoms with Crippen molar-refractivity contribution in [3.63, 3.8) is 0 Å². The molecule has 0 amide bonds. The molecule has 1 aliphatic rings. The number of rotatable bonds is 2. The van der Waals surface area contributed by atoms with Crippen LogP contribution in [0.25, 0.3) is 11.1 Å². The van der Waals surface area contributed by atoms with E-state index in [0.717, 1.165) is 28.8 Å². The van der Waals surface area contributed by atoms with E-state index >= 15 is 0 Å². The number of ketones is 1. The molecule has 0 saturated carbocycles. The SMILES string of the molecule is O=C1C[C@@H](c2cccs2)Cc2[nH]cc(-c3ccccc3)c21. The molecule has 0 fully saturated rings. The number of hydrogen-bond donors (Lipinski definition) is 1. The first-order valence-corrected chi connectivity index (χ1v) is 8.03. The lowest BCUT2D eigenvalue weighted by Crippen LogP contribution is -2.17. The Labute approximate surface area is 127 Å². The summed E-state index contributed by atoms with van der Waals surface area (Å²) in [5, 5.41) is 2.08. The normalized spacial score (nSPS) is 17.7. The predicted molar refractivity (Wildman–Crippen MR) is 85.9 cm³/mol. The van der Waals surface area contributed by atoms with Crippen molar-refractivity contribution >= 4 is 17.1 Å². The van der Waals surface area contributed by atoms with E-state index in [1.165, 1.54) is 4.88 Å². The molecule has 21 heavy (non-hydrogen) atoms. The number of benzene rings is 1. The van der Waals surface area contributed by atoms with Gasteiger partial charge in [0, 0.05) is 40.2 Å². The maximum atomic E-state index is 12.6. The van der Waals surface area contributed by atoms with Gasteiger partial charge in [0.25, 0.3) is 0 Å². The highest BCUT2D eigenvalue weighted by atomic mass is 32.1. The molecule has 0 unspecified atom stereocenters. The van der Waals surface area contributed by atoms with Crippen LogP contribution in [0.2, 0.25) is 0 Å². The summed E-state index contributed by atoms with van der Waals surface area (Å²) in [6, 6.07) is 14.3. The van der Waals surface area contributed by atoms with E-state index in [0.29, 0.717) is 12.3 Å². The largest absolute Gasteiger partial charge is 0.364 e. The quantitative estimate of drug-likeness (QED) is 0.732. The zero-order valence-corrected chi connectivity index (χ0v) is 12.3. The van der Waals surface area contributed by atoms with Gasteiger partial charge in [-0.15, -0.1) is 11.3 Å². The van der Waals surface area contributed by atoms with Crippen LogP contribution in [0.15, 0.2) is 54.0 Å². The third-order valence-electron chi connectivity index (χ3n) is 4.15. The highest BCUT2D eigenvalue weighted by Crippen LogP contribution is 2.38. The fourth-order valence-corrected chi connectivity index (χ4v) is 3.99. The second kappa shape index (κ2) is 5.01. The summed E-state index contributed by atoms with van der Waals surface area (Å²) >= 11 is 1.74. The van der Waals surface area contributed by atoms with Crippen molar-refractivity contribution in [1.29, 1.82) is 0 Å². The van der Waals surface area contributed by atoms with Crippen LogP contribution < -0.4 is 0 Å². The maximum absolute atomic E-state index is 12.6. The third kappa shape index (κ3) is 2.14. The first-order chi connectivity index (χ1) is 10.3. The second-order valence-corrected chi connectivity index (χ2v) is 6.44. The molecule has 1 aliphatic carbocycles. The number of carbonyl (C=O) groups is 1. The number of hydrogen-bond acceptors (Lipinski definition) is 2. The van der Waals surface area contributed by atoms with Crippen LogP contribution in [-0.4, -0.2) is 10.8 Å². The molecule has 2 heterocycles. The Hall–Kier alpha value is -2.13. The van der Waals surface area contributed by atoms with E-state index in [4.69, 9.17) is 0 Å². The lowest BCUT2D eigenvalue weighted by molar-refractivity contribution is 0.0965. The molecule has 0 aliphatic heterocycles. The number of aromatic nitrogens is 1. The van der Waals surface area contributed by atoms with Gasteiger partial charge in [-0.3, -0.25) is 4.79 Å². The Bertz CT molecular complexity index is 771. The molecule has 104 valence electrons. The molecule has 3 heteroatoms. The Morgan fingerprint density at radius 2 is 1.90 bits per heavy atom. The standard InChI is InChI=1S/C18H15NOS/c20-16-10-13(17-7-4-8-21-17)9-15-18(16)14(11-19-15)12-5-2-1-3-6-12/h1-8,11,13,19H,9-10H2/t13-/m0/s1. The number of carbonyl (C=O) groups excluding carboxylic acids is 1. The molecule has 0 spiro atoms. The molecule has 1 aromatic carbocycles. The minimum Gasteiger partial charge on any atom is -0.364 e. The van der Waals surface area contributed by atoms with Gasteiger partial charge in [-0.2, -0.15) is 0 Å². The molecule has 1 N–H and O–H groups in total. The van der Waals surface area contributed by atoms with Crippen LogP contribution >= 0.6 is 11.3 Å². The van der Waals surface area contributed by atoms with E-state index in [1.54, 1.807) is 11.3 Å². The van der Waals surface area contributed by atoms with Crippen LogP contribution in [0.3, 0.4) is 0 Å². The van der Waals surface area contributed by atoms with Crippen LogP contribution in [0.4, 0.5) is 0 Å². The van der Waals surface area contributed by atoms with Gasteiger partial charge in [0.2, 0.25) is 0 Å². The number of aromatic amines is 1. The third-order valence-corrected chi connectivity index (χ3v) is 5.19. The van der Waals surface area contributed by atoms with Crippen LogP contribution in [0.5, 0.6) is 0 Å². The van der Waals surface area contributed by atoms with Crippen molar-refractivity contribution in [2.75, 3.05) is 0 Å². The molecule has 1 atom stereocenters. The maximum Gasteiger partial charge on any atom is 0.165 e. The molecule has 2 aromatic heterocycles. The average Bonchev–Trinajstić information content (AvgIpc) is 3.17. The fraction of sp³-hybridized carbons (Fsp3) is 0.167. The molecule has 2 nitrogen and oxygen atoms in total. The van der Waals surface area contributed by atoms with Crippen molar-refractivity contribution in [2.24, 2.45) is 0 Å². The average molecular weight is 293 g/mol. The van der Waals surface area contributed by atoms with Crippen molar-refractivity contribution in [3.8, 4) is 11.1 Å². The number of nitrogens with one attached hydrogen (secondary N) is 1. The Kier molecular flexibility index (Phi) is 3.00. The Morgan fingerprint density at radius 3 is 2.67 bits per heavy atom. The summed E-state index contributed by atoms with van der Waals surface area (Å²) in [4.78, 5) is 17.3. The molecule has 3 aromatic rings.